The van der Waals surface area contributed by atoms with Gasteiger partial charge >= 0.3 is 0 Å². The van der Waals surface area contributed by atoms with Crippen molar-refractivity contribution in [3.05, 3.63) is 58.2 Å². The van der Waals surface area contributed by atoms with Crippen molar-refractivity contribution in [1.29, 1.82) is 0 Å². The fourth-order valence-electron chi connectivity index (χ4n) is 2.43. The molecule has 3 nitrogen and oxygen atoms in total. The number of pyridine rings is 1. The normalized spacial score (nSPS) is 14.0. The quantitative estimate of drug-likeness (QED) is 0.763. The molecule has 0 aliphatic carbocycles. The topological polar surface area (TPSA) is 45.1 Å². The van der Waals surface area contributed by atoms with E-state index in [-0.39, 0.29) is 5.82 Å². The summed E-state index contributed by atoms with van der Waals surface area (Å²) in [6.45, 7) is 3.92. The molecule has 0 aliphatic rings. The van der Waals surface area contributed by atoms with E-state index in [0.29, 0.717) is 17.4 Å². The van der Waals surface area contributed by atoms with Crippen molar-refractivity contribution in [2.75, 3.05) is 11.9 Å². The minimum Gasteiger partial charge on any atom is -0.384 e. The summed E-state index contributed by atoms with van der Waals surface area (Å²) in [7, 11) is 0. The maximum atomic E-state index is 13.9. The summed E-state index contributed by atoms with van der Waals surface area (Å²) in [6, 6.07) is 8.66. The number of benzene rings is 1. The molecule has 0 saturated carbocycles. The van der Waals surface area contributed by atoms with E-state index in [9.17, 15) is 9.50 Å². The van der Waals surface area contributed by atoms with E-state index in [0.717, 1.165) is 16.9 Å². The molecule has 1 atom stereocenters. The number of hydrogen-bond donors (Lipinski definition) is 2. The molecule has 1 aromatic carbocycles. The number of halogens is 1. The third-order valence-corrected chi connectivity index (χ3v) is 4.37. The molecular formula is C17H17FN2OS. The van der Waals surface area contributed by atoms with Gasteiger partial charge in [-0.25, -0.2) is 9.37 Å². The molecule has 22 heavy (non-hydrogen) atoms. The predicted molar refractivity (Wildman–Crippen MR) is 88.8 cm³/mol. The maximum Gasteiger partial charge on any atom is 0.149 e. The van der Waals surface area contributed by atoms with E-state index >= 15 is 0 Å². The number of anilines is 1. The van der Waals surface area contributed by atoms with Crippen LogP contribution in [0.5, 0.6) is 0 Å². The zero-order chi connectivity index (χ0) is 15.7. The second-order valence-corrected chi connectivity index (χ2v) is 6.37. The summed E-state index contributed by atoms with van der Waals surface area (Å²) in [4.78, 5) is 4.25. The van der Waals surface area contributed by atoms with Gasteiger partial charge in [-0.15, -0.1) is 0 Å². The van der Waals surface area contributed by atoms with Crippen LogP contribution in [0.4, 0.5) is 10.1 Å². The number of thiophene rings is 1. The summed E-state index contributed by atoms with van der Waals surface area (Å²) in [6.07, 6.45) is 0. The highest BCUT2D eigenvalue weighted by Gasteiger charge is 2.23. The molecule has 0 fully saturated rings. The van der Waals surface area contributed by atoms with E-state index in [1.165, 1.54) is 6.07 Å². The summed E-state index contributed by atoms with van der Waals surface area (Å²) in [5, 5.41) is 18.4. The number of hydrogen-bond acceptors (Lipinski definition) is 4. The average molecular weight is 316 g/mol. The highest BCUT2D eigenvalue weighted by Crippen LogP contribution is 2.28. The Labute approximate surface area is 132 Å². The number of aliphatic hydroxyl groups is 1. The first-order chi connectivity index (χ1) is 10.5. The molecular weight excluding hydrogens is 299 g/mol. The number of nitrogens with one attached hydrogen (secondary N) is 1. The van der Waals surface area contributed by atoms with Crippen LogP contribution in [-0.2, 0) is 5.60 Å². The van der Waals surface area contributed by atoms with Gasteiger partial charge in [-0.1, -0.05) is 12.1 Å². The van der Waals surface area contributed by atoms with Crippen LogP contribution in [-0.4, -0.2) is 16.6 Å². The average Bonchev–Trinajstić information content (AvgIpc) is 3.01. The summed E-state index contributed by atoms with van der Waals surface area (Å²) in [5.41, 5.74) is 1.73. The van der Waals surface area contributed by atoms with Crippen molar-refractivity contribution in [2.24, 2.45) is 0 Å². The summed E-state index contributed by atoms with van der Waals surface area (Å²) < 4.78 is 13.9. The number of aromatic nitrogens is 1. The van der Waals surface area contributed by atoms with Crippen molar-refractivity contribution in [1.82, 2.24) is 4.98 Å². The molecule has 114 valence electrons. The number of aryl methyl sites for hydroxylation is 1. The lowest BCUT2D eigenvalue weighted by Gasteiger charge is -2.24. The van der Waals surface area contributed by atoms with Crippen molar-refractivity contribution in [3.8, 4) is 0 Å². The second kappa shape index (κ2) is 5.66. The predicted octanol–water partition coefficient (Wildman–Crippen LogP) is 4.06. The van der Waals surface area contributed by atoms with Crippen LogP contribution >= 0.6 is 11.3 Å². The number of nitrogens with zero attached hydrogens (tertiary/aromatic N) is 1. The Morgan fingerprint density at radius 1 is 1.36 bits per heavy atom. The maximum absolute atomic E-state index is 13.9. The molecule has 3 rings (SSSR count). The van der Waals surface area contributed by atoms with Gasteiger partial charge in [0.2, 0.25) is 0 Å². The zero-order valence-electron chi connectivity index (χ0n) is 12.4. The fraction of sp³-hybridized carbons (Fsp3) is 0.235. The van der Waals surface area contributed by atoms with Gasteiger partial charge in [0, 0.05) is 23.3 Å². The molecule has 0 radical (unpaired) electrons. The molecule has 2 heterocycles. The third kappa shape index (κ3) is 2.82. The highest BCUT2D eigenvalue weighted by atomic mass is 32.1. The van der Waals surface area contributed by atoms with Crippen LogP contribution in [0.1, 0.15) is 18.2 Å². The number of rotatable bonds is 4. The lowest BCUT2D eigenvalue weighted by Crippen LogP contribution is -2.30. The minimum atomic E-state index is -0.989. The summed E-state index contributed by atoms with van der Waals surface area (Å²) >= 11 is 1.55. The van der Waals surface area contributed by atoms with Gasteiger partial charge in [0.1, 0.15) is 16.9 Å². The van der Waals surface area contributed by atoms with E-state index in [1.807, 2.05) is 35.9 Å². The van der Waals surface area contributed by atoms with Gasteiger partial charge in [-0.05, 0) is 48.4 Å². The van der Waals surface area contributed by atoms with Gasteiger partial charge in [-0.3, -0.25) is 0 Å². The molecule has 0 spiro atoms. The van der Waals surface area contributed by atoms with Gasteiger partial charge in [0.15, 0.2) is 0 Å². The van der Waals surface area contributed by atoms with Crippen molar-refractivity contribution >= 4 is 27.9 Å². The van der Waals surface area contributed by atoms with Crippen molar-refractivity contribution in [2.45, 2.75) is 19.4 Å². The first kappa shape index (κ1) is 14.9. The highest BCUT2D eigenvalue weighted by molar-refractivity contribution is 7.08. The Bertz CT molecular complexity index is 800. The first-order valence-electron chi connectivity index (χ1n) is 7.02. The number of fused-ring (bicyclic) bond motifs is 1. The molecule has 0 saturated heterocycles. The van der Waals surface area contributed by atoms with Gasteiger partial charge in [0.05, 0.1) is 0 Å². The van der Waals surface area contributed by atoms with Crippen LogP contribution in [0.2, 0.25) is 0 Å². The Morgan fingerprint density at radius 3 is 2.91 bits per heavy atom. The Morgan fingerprint density at radius 2 is 2.18 bits per heavy atom. The van der Waals surface area contributed by atoms with E-state index in [1.54, 1.807) is 24.3 Å². The van der Waals surface area contributed by atoms with Crippen LogP contribution in [0.25, 0.3) is 10.9 Å². The molecule has 0 bridgehead atoms. The molecule has 0 amide bonds. The molecule has 3 aromatic rings. The van der Waals surface area contributed by atoms with Gasteiger partial charge in [0.25, 0.3) is 0 Å². The SMILES string of the molecule is Cc1cc(NCC(C)(O)c2ccsc2)c2cccc(F)c2n1. The smallest absolute Gasteiger partial charge is 0.149 e. The van der Waals surface area contributed by atoms with Crippen molar-refractivity contribution in [3.63, 3.8) is 0 Å². The van der Waals surface area contributed by atoms with Gasteiger partial charge < -0.3 is 10.4 Å². The van der Waals surface area contributed by atoms with Crippen LogP contribution < -0.4 is 5.32 Å². The van der Waals surface area contributed by atoms with E-state index in [2.05, 4.69) is 10.3 Å². The molecule has 1 unspecified atom stereocenters. The zero-order valence-corrected chi connectivity index (χ0v) is 13.2. The van der Waals surface area contributed by atoms with Crippen LogP contribution in [0.3, 0.4) is 0 Å². The monoisotopic (exact) mass is 316 g/mol. The molecule has 0 aliphatic heterocycles. The summed E-state index contributed by atoms with van der Waals surface area (Å²) in [5.74, 6) is -0.339. The van der Waals surface area contributed by atoms with Gasteiger partial charge in [-0.2, -0.15) is 11.3 Å². The Hall–Kier alpha value is -1.98. The molecule has 2 N–H and O–H groups in total. The largest absolute Gasteiger partial charge is 0.384 e. The minimum absolute atomic E-state index is 0.332. The second-order valence-electron chi connectivity index (χ2n) is 5.59. The third-order valence-electron chi connectivity index (χ3n) is 3.68. The lowest BCUT2D eigenvalue weighted by atomic mass is 9.99. The van der Waals surface area contributed by atoms with E-state index in [4.69, 9.17) is 0 Å². The first-order valence-corrected chi connectivity index (χ1v) is 7.96. The standard InChI is InChI=1S/C17H17FN2OS/c1-11-8-15(13-4-3-5-14(18)16(13)20-11)19-10-17(2,21)12-6-7-22-9-12/h3-9,21H,10H2,1-2H3,(H,19,20). The lowest BCUT2D eigenvalue weighted by molar-refractivity contribution is 0.0720. The van der Waals surface area contributed by atoms with E-state index < -0.39 is 5.60 Å². The van der Waals surface area contributed by atoms with Crippen molar-refractivity contribution < 1.29 is 9.50 Å². The van der Waals surface area contributed by atoms with Crippen LogP contribution in [0.15, 0.2) is 41.1 Å². The molecule has 2 aromatic heterocycles. The molecule has 5 heteroatoms. The Balaban J connectivity index is 1.93. The number of para-hydroxylation sites is 1. The van der Waals surface area contributed by atoms with Crippen LogP contribution in [0, 0.1) is 12.7 Å². The fourth-order valence-corrected chi connectivity index (χ4v) is 3.21. The Kier molecular flexibility index (Phi) is 3.85.